The molecular formula is C26H18F2N2O5S. The van der Waals surface area contributed by atoms with Gasteiger partial charge in [-0.3, -0.25) is 14.5 Å². The molecule has 0 spiro atoms. The Bertz CT molecular complexity index is 1550. The van der Waals surface area contributed by atoms with Gasteiger partial charge in [-0.15, -0.1) is 0 Å². The summed E-state index contributed by atoms with van der Waals surface area (Å²) >= 11 is 1.02. The number of thiazole rings is 1. The topological polar surface area (TPSA) is 89.0 Å². The van der Waals surface area contributed by atoms with E-state index in [0.717, 1.165) is 28.4 Å². The number of Topliss-reactive ketones (excluding diaryl/α,β-unsaturated/α-hetero) is 1. The number of halogens is 2. The molecular weight excluding hydrogens is 490 g/mol. The average molecular weight is 509 g/mol. The quantitative estimate of drug-likeness (QED) is 0.226. The Morgan fingerprint density at radius 1 is 0.972 bits per heavy atom. The second-order valence-corrected chi connectivity index (χ2v) is 8.90. The lowest BCUT2D eigenvalue weighted by molar-refractivity contribution is -0.132. The van der Waals surface area contributed by atoms with Crippen LogP contribution >= 0.6 is 11.3 Å². The van der Waals surface area contributed by atoms with Crippen molar-refractivity contribution in [3.8, 4) is 11.5 Å². The first-order chi connectivity index (χ1) is 17.3. The maximum absolute atomic E-state index is 13.8. The molecule has 0 aliphatic carbocycles. The summed E-state index contributed by atoms with van der Waals surface area (Å²) in [6.45, 7) is 0. The predicted octanol–water partition coefficient (Wildman–Crippen LogP) is 5.22. The van der Waals surface area contributed by atoms with Gasteiger partial charge in [-0.2, -0.15) is 0 Å². The van der Waals surface area contributed by atoms with Gasteiger partial charge in [-0.05, 0) is 60.7 Å². The van der Waals surface area contributed by atoms with Crippen molar-refractivity contribution in [1.29, 1.82) is 0 Å². The fraction of sp³-hybridized carbons (Fsp3) is 0.115. The minimum Gasteiger partial charge on any atom is -0.507 e. The van der Waals surface area contributed by atoms with Crippen molar-refractivity contribution < 1.29 is 33.0 Å². The van der Waals surface area contributed by atoms with Crippen LogP contribution in [0.25, 0.3) is 16.0 Å². The van der Waals surface area contributed by atoms with E-state index in [-0.39, 0.29) is 16.3 Å². The van der Waals surface area contributed by atoms with Crippen LogP contribution in [-0.4, -0.2) is 36.0 Å². The first-order valence-corrected chi connectivity index (χ1v) is 11.5. The molecule has 36 heavy (non-hydrogen) atoms. The normalized spacial score (nSPS) is 17.1. The maximum atomic E-state index is 13.8. The van der Waals surface area contributed by atoms with E-state index >= 15 is 0 Å². The summed E-state index contributed by atoms with van der Waals surface area (Å²) in [5, 5.41) is 11.3. The van der Waals surface area contributed by atoms with Gasteiger partial charge in [-0.25, -0.2) is 13.8 Å². The molecule has 3 aromatic carbocycles. The Kier molecular flexibility index (Phi) is 5.89. The Labute approximate surface area is 207 Å². The standard InChI is InChI=1S/C26H18F2N2O5S/c1-34-16-8-10-19(35-2)17(12-16)22-21(23(31)13-3-5-14(27)6-4-13)24(32)25(33)30(22)26-29-18-9-7-15(28)11-20(18)36-26/h3-12,22,31H,1-2H3/t22-/m1/s1. The number of ketones is 1. The van der Waals surface area contributed by atoms with E-state index in [1.807, 2.05) is 0 Å². The number of methoxy groups -OCH3 is 2. The molecule has 1 fully saturated rings. The first kappa shape index (κ1) is 23.4. The number of aliphatic hydroxyl groups is 1. The fourth-order valence-electron chi connectivity index (χ4n) is 4.13. The van der Waals surface area contributed by atoms with Crippen LogP contribution in [0.15, 0.2) is 66.2 Å². The van der Waals surface area contributed by atoms with Crippen molar-refractivity contribution in [3.05, 3.63) is 89.0 Å². The van der Waals surface area contributed by atoms with E-state index in [0.29, 0.717) is 27.3 Å². The van der Waals surface area contributed by atoms with Crippen molar-refractivity contribution in [2.24, 2.45) is 0 Å². The number of fused-ring (bicyclic) bond motifs is 1. The molecule has 7 nitrogen and oxygen atoms in total. The molecule has 0 radical (unpaired) electrons. The molecule has 1 aliphatic rings. The Hall–Kier alpha value is -4.31. The van der Waals surface area contributed by atoms with Crippen LogP contribution in [0.1, 0.15) is 17.2 Å². The summed E-state index contributed by atoms with van der Waals surface area (Å²) in [6.07, 6.45) is 0. The highest BCUT2D eigenvalue weighted by Gasteiger charge is 2.49. The number of hydrogen-bond donors (Lipinski definition) is 1. The number of nitrogens with zero attached hydrogens (tertiary/aromatic N) is 2. The van der Waals surface area contributed by atoms with Crippen LogP contribution in [-0.2, 0) is 9.59 Å². The number of aromatic nitrogens is 1. The van der Waals surface area contributed by atoms with Crippen LogP contribution in [0.5, 0.6) is 11.5 Å². The highest BCUT2D eigenvalue weighted by Crippen LogP contribution is 2.47. The van der Waals surface area contributed by atoms with Gasteiger partial charge in [0.25, 0.3) is 5.78 Å². The Balaban J connectivity index is 1.78. The number of ether oxygens (including phenoxy) is 2. The maximum Gasteiger partial charge on any atom is 0.301 e. The number of aliphatic hydroxyl groups excluding tert-OH is 1. The van der Waals surface area contributed by atoms with Gasteiger partial charge >= 0.3 is 5.91 Å². The minimum absolute atomic E-state index is 0.130. The minimum atomic E-state index is -1.16. The van der Waals surface area contributed by atoms with Crippen LogP contribution in [0.2, 0.25) is 0 Å². The first-order valence-electron chi connectivity index (χ1n) is 10.7. The lowest BCUT2D eigenvalue weighted by Crippen LogP contribution is -2.29. The summed E-state index contributed by atoms with van der Waals surface area (Å²) in [6, 6.07) is 12.6. The van der Waals surface area contributed by atoms with Crippen molar-refractivity contribution in [1.82, 2.24) is 4.98 Å². The van der Waals surface area contributed by atoms with Crippen molar-refractivity contribution in [3.63, 3.8) is 0 Å². The molecule has 5 rings (SSSR count). The van der Waals surface area contributed by atoms with Crippen molar-refractivity contribution >= 4 is 44.1 Å². The predicted molar refractivity (Wildman–Crippen MR) is 130 cm³/mol. The number of carbonyl (C=O) groups excluding carboxylic acids is 2. The molecule has 182 valence electrons. The average Bonchev–Trinajstić information content (AvgIpc) is 3.41. The third-order valence-electron chi connectivity index (χ3n) is 5.84. The van der Waals surface area contributed by atoms with E-state index < -0.39 is 35.1 Å². The number of amides is 1. The lowest BCUT2D eigenvalue weighted by Gasteiger charge is -2.25. The molecule has 0 saturated carbocycles. The van der Waals surface area contributed by atoms with E-state index in [1.165, 1.54) is 44.6 Å². The van der Waals surface area contributed by atoms with E-state index in [2.05, 4.69) is 4.98 Å². The smallest absolute Gasteiger partial charge is 0.301 e. The molecule has 1 amide bonds. The number of anilines is 1. The third-order valence-corrected chi connectivity index (χ3v) is 6.86. The summed E-state index contributed by atoms with van der Waals surface area (Å²) in [4.78, 5) is 32.3. The zero-order chi connectivity index (χ0) is 25.6. The number of carbonyl (C=O) groups is 2. The Morgan fingerprint density at radius 3 is 2.39 bits per heavy atom. The monoisotopic (exact) mass is 508 g/mol. The Morgan fingerprint density at radius 2 is 1.69 bits per heavy atom. The van der Waals surface area contributed by atoms with Crippen molar-refractivity contribution in [2.75, 3.05) is 19.1 Å². The van der Waals surface area contributed by atoms with Crippen LogP contribution in [0, 0.1) is 11.6 Å². The lowest BCUT2D eigenvalue weighted by atomic mass is 9.94. The van der Waals surface area contributed by atoms with Gasteiger partial charge in [0, 0.05) is 11.1 Å². The van der Waals surface area contributed by atoms with Gasteiger partial charge in [-0.1, -0.05) is 11.3 Å². The van der Waals surface area contributed by atoms with E-state index in [4.69, 9.17) is 9.47 Å². The van der Waals surface area contributed by atoms with Crippen LogP contribution < -0.4 is 14.4 Å². The molecule has 4 aromatic rings. The molecule has 10 heteroatoms. The van der Waals surface area contributed by atoms with Crippen molar-refractivity contribution in [2.45, 2.75) is 6.04 Å². The highest BCUT2D eigenvalue weighted by atomic mass is 32.1. The highest BCUT2D eigenvalue weighted by molar-refractivity contribution is 7.22. The largest absolute Gasteiger partial charge is 0.507 e. The van der Waals surface area contributed by atoms with Crippen LogP contribution in [0.3, 0.4) is 0 Å². The summed E-state index contributed by atoms with van der Waals surface area (Å²) in [5.74, 6) is -2.64. The molecule has 1 aliphatic heterocycles. The molecule has 1 atom stereocenters. The summed E-state index contributed by atoms with van der Waals surface area (Å²) in [7, 11) is 2.89. The number of rotatable bonds is 5. The van der Waals surface area contributed by atoms with E-state index in [9.17, 15) is 23.5 Å². The van der Waals surface area contributed by atoms with Gasteiger partial charge in [0.05, 0.1) is 30.0 Å². The molecule has 1 aromatic heterocycles. The van der Waals surface area contributed by atoms with Crippen LogP contribution in [0.4, 0.5) is 13.9 Å². The van der Waals surface area contributed by atoms with Gasteiger partial charge in [0.1, 0.15) is 34.9 Å². The second-order valence-electron chi connectivity index (χ2n) is 7.89. The van der Waals surface area contributed by atoms with E-state index in [1.54, 1.807) is 18.2 Å². The van der Waals surface area contributed by atoms with Gasteiger partial charge in [0.2, 0.25) is 0 Å². The molecule has 1 N–H and O–H groups in total. The number of hydrogen-bond acceptors (Lipinski definition) is 7. The number of benzene rings is 3. The molecule has 1 saturated heterocycles. The third kappa shape index (κ3) is 3.85. The zero-order valence-corrected chi connectivity index (χ0v) is 19.8. The zero-order valence-electron chi connectivity index (χ0n) is 19.0. The molecule has 2 heterocycles. The SMILES string of the molecule is COc1ccc(OC)c([C@@H]2C(=C(O)c3ccc(F)cc3)C(=O)C(=O)N2c2nc3ccc(F)cc3s2)c1. The summed E-state index contributed by atoms with van der Waals surface area (Å²) in [5.41, 5.74) is 0.703. The fourth-order valence-corrected chi connectivity index (χ4v) is 5.15. The van der Waals surface area contributed by atoms with Gasteiger partial charge < -0.3 is 14.6 Å². The molecule has 0 unspecified atom stereocenters. The molecule has 0 bridgehead atoms. The summed E-state index contributed by atoms with van der Waals surface area (Å²) < 4.78 is 38.7. The van der Waals surface area contributed by atoms with Gasteiger partial charge in [0.15, 0.2) is 5.13 Å². The second kappa shape index (κ2) is 9.04.